The Morgan fingerprint density at radius 2 is 1.80 bits per heavy atom. The van der Waals surface area contributed by atoms with Crippen LogP contribution in [0.2, 0.25) is 0 Å². The Balaban J connectivity index is 2.85. The fraction of sp³-hybridized carbons (Fsp3) is 0.600. The molecule has 25 heavy (non-hydrogen) atoms. The first-order valence-corrected chi connectivity index (χ1v) is 9.20. The molecule has 0 aliphatic carbocycles. The number of aryl methyl sites for hydroxylation is 1. The van der Waals surface area contributed by atoms with Gasteiger partial charge in [-0.2, -0.15) is 0 Å². The molecule has 2 amide bonds. The van der Waals surface area contributed by atoms with Crippen LogP contribution in [0.4, 0.5) is 11.4 Å². The molecule has 0 heterocycles. The molecule has 5 heteroatoms. The van der Waals surface area contributed by atoms with Crippen LogP contribution in [0, 0.1) is 12.8 Å². The SMILES string of the molecule is CCN(CC)c1ccc(N(CCC(=O)NCC(C)C)C(C)=O)c(C)c1. The molecule has 0 aliphatic rings. The molecular weight excluding hydrogens is 314 g/mol. The average Bonchev–Trinajstić information content (AvgIpc) is 2.55. The fourth-order valence-corrected chi connectivity index (χ4v) is 2.80. The second-order valence-electron chi connectivity index (χ2n) is 6.76. The molecule has 1 rings (SSSR count). The van der Waals surface area contributed by atoms with Crippen LogP contribution in [0.5, 0.6) is 0 Å². The number of carbonyl (C=O) groups excluding carboxylic acids is 2. The third-order valence-electron chi connectivity index (χ3n) is 4.25. The molecule has 0 bridgehead atoms. The molecule has 0 radical (unpaired) electrons. The summed E-state index contributed by atoms with van der Waals surface area (Å²) in [6, 6.07) is 6.14. The van der Waals surface area contributed by atoms with Crippen molar-refractivity contribution in [2.24, 2.45) is 5.92 Å². The van der Waals surface area contributed by atoms with Gasteiger partial charge in [0.1, 0.15) is 0 Å². The van der Waals surface area contributed by atoms with Gasteiger partial charge in [-0.3, -0.25) is 9.59 Å². The number of nitrogens with zero attached hydrogens (tertiary/aromatic N) is 2. The maximum Gasteiger partial charge on any atom is 0.223 e. The number of benzene rings is 1. The summed E-state index contributed by atoms with van der Waals surface area (Å²) in [6.45, 7) is 14.9. The molecule has 1 aromatic rings. The third kappa shape index (κ3) is 6.40. The highest BCUT2D eigenvalue weighted by atomic mass is 16.2. The van der Waals surface area contributed by atoms with E-state index in [0.717, 1.165) is 30.0 Å². The van der Waals surface area contributed by atoms with Gasteiger partial charge in [0.15, 0.2) is 0 Å². The fourth-order valence-electron chi connectivity index (χ4n) is 2.80. The highest BCUT2D eigenvalue weighted by Crippen LogP contribution is 2.26. The highest BCUT2D eigenvalue weighted by Gasteiger charge is 2.16. The monoisotopic (exact) mass is 347 g/mol. The minimum absolute atomic E-state index is 0.0163. The van der Waals surface area contributed by atoms with Gasteiger partial charge in [-0.1, -0.05) is 13.8 Å². The van der Waals surface area contributed by atoms with Crippen molar-refractivity contribution in [3.05, 3.63) is 23.8 Å². The van der Waals surface area contributed by atoms with Crippen LogP contribution in [-0.4, -0.2) is 38.0 Å². The predicted octanol–water partition coefficient (Wildman–Crippen LogP) is 3.36. The summed E-state index contributed by atoms with van der Waals surface area (Å²) in [7, 11) is 0. The summed E-state index contributed by atoms with van der Waals surface area (Å²) < 4.78 is 0. The zero-order valence-corrected chi connectivity index (χ0v) is 16.6. The Kier molecular flexibility index (Phi) is 8.46. The van der Waals surface area contributed by atoms with Crippen molar-refractivity contribution < 1.29 is 9.59 Å². The zero-order chi connectivity index (χ0) is 19.0. The molecule has 0 saturated heterocycles. The van der Waals surface area contributed by atoms with Gasteiger partial charge in [0, 0.05) is 50.9 Å². The summed E-state index contributed by atoms with van der Waals surface area (Å²) >= 11 is 0. The summed E-state index contributed by atoms with van der Waals surface area (Å²) in [4.78, 5) is 28.0. The normalized spacial score (nSPS) is 10.7. The molecule has 1 N–H and O–H groups in total. The van der Waals surface area contributed by atoms with E-state index in [1.54, 1.807) is 11.8 Å². The largest absolute Gasteiger partial charge is 0.372 e. The molecule has 5 nitrogen and oxygen atoms in total. The lowest BCUT2D eigenvalue weighted by molar-refractivity contribution is -0.121. The van der Waals surface area contributed by atoms with Gasteiger partial charge in [0.05, 0.1) is 0 Å². The highest BCUT2D eigenvalue weighted by molar-refractivity contribution is 5.93. The summed E-state index contributed by atoms with van der Waals surface area (Å²) in [6.07, 6.45) is 0.309. The molecule has 140 valence electrons. The van der Waals surface area contributed by atoms with E-state index in [2.05, 4.69) is 44.0 Å². The molecule has 0 fully saturated rings. The Morgan fingerprint density at radius 1 is 1.16 bits per heavy atom. The Labute approximate surface area is 152 Å². The molecule has 0 atom stereocenters. The van der Waals surface area contributed by atoms with Crippen LogP contribution >= 0.6 is 0 Å². The van der Waals surface area contributed by atoms with Crippen LogP contribution in [0.3, 0.4) is 0 Å². The van der Waals surface area contributed by atoms with Crippen molar-refractivity contribution in [1.29, 1.82) is 0 Å². The first-order valence-electron chi connectivity index (χ1n) is 9.20. The summed E-state index contributed by atoms with van der Waals surface area (Å²) in [5.41, 5.74) is 3.08. The summed E-state index contributed by atoms with van der Waals surface area (Å²) in [5, 5.41) is 2.90. The van der Waals surface area contributed by atoms with E-state index >= 15 is 0 Å². The van der Waals surface area contributed by atoms with E-state index in [-0.39, 0.29) is 11.8 Å². The Bertz CT molecular complexity index is 580. The number of amides is 2. The van der Waals surface area contributed by atoms with Gasteiger partial charge in [-0.25, -0.2) is 0 Å². The molecule has 0 spiro atoms. The maximum absolute atomic E-state index is 12.1. The molecule has 0 saturated carbocycles. The van der Waals surface area contributed by atoms with Gasteiger partial charge in [0.25, 0.3) is 0 Å². The Hall–Kier alpha value is -2.04. The topological polar surface area (TPSA) is 52.6 Å². The number of hydrogen-bond donors (Lipinski definition) is 1. The smallest absolute Gasteiger partial charge is 0.223 e. The van der Waals surface area contributed by atoms with Crippen LogP contribution < -0.4 is 15.1 Å². The van der Waals surface area contributed by atoms with Gasteiger partial charge < -0.3 is 15.1 Å². The second kappa shape index (κ2) is 10.1. The van der Waals surface area contributed by atoms with Crippen molar-refractivity contribution >= 4 is 23.2 Å². The van der Waals surface area contributed by atoms with Crippen molar-refractivity contribution in [2.45, 2.75) is 48.0 Å². The van der Waals surface area contributed by atoms with E-state index in [4.69, 9.17) is 0 Å². The van der Waals surface area contributed by atoms with Crippen molar-refractivity contribution in [3.8, 4) is 0 Å². The number of nitrogens with one attached hydrogen (secondary N) is 1. The number of rotatable bonds is 9. The lowest BCUT2D eigenvalue weighted by Crippen LogP contribution is -2.35. The van der Waals surface area contributed by atoms with E-state index in [1.165, 1.54) is 0 Å². The van der Waals surface area contributed by atoms with E-state index < -0.39 is 0 Å². The number of anilines is 2. The minimum atomic E-state index is -0.0460. The van der Waals surface area contributed by atoms with Crippen LogP contribution in [0.15, 0.2) is 18.2 Å². The standard InChI is InChI=1S/C20H33N3O2/c1-7-22(8-2)18-9-10-19(16(5)13-18)23(17(6)24)12-11-20(25)21-14-15(3)4/h9-10,13,15H,7-8,11-12,14H2,1-6H3,(H,21,25). The molecule has 1 aromatic carbocycles. The van der Waals surface area contributed by atoms with Crippen molar-refractivity contribution in [1.82, 2.24) is 5.32 Å². The quantitative estimate of drug-likeness (QED) is 0.745. The maximum atomic E-state index is 12.1. The molecular formula is C20H33N3O2. The van der Waals surface area contributed by atoms with Gasteiger partial charge >= 0.3 is 0 Å². The molecule has 0 aromatic heterocycles. The van der Waals surface area contributed by atoms with Crippen molar-refractivity contribution in [2.75, 3.05) is 36.0 Å². The van der Waals surface area contributed by atoms with Crippen LogP contribution in [0.1, 0.15) is 46.6 Å². The molecule has 0 aliphatic heterocycles. The Morgan fingerprint density at radius 3 is 2.28 bits per heavy atom. The lowest BCUT2D eigenvalue weighted by atomic mass is 10.1. The first-order chi connectivity index (χ1) is 11.8. The van der Waals surface area contributed by atoms with Gasteiger partial charge in [-0.15, -0.1) is 0 Å². The zero-order valence-electron chi connectivity index (χ0n) is 16.6. The summed E-state index contributed by atoms with van der Waals surface area (Å²) in [5.74, 6) is 0.357. The van der Waals surface area contributed by atoms with Gasteiger partial charge in [-0.05, 0) is 50.5 Å². The van der Waals surface area contributed by atoms with Crippen LogP contribution in [0.25, 0.3) is 0 Å². The number of hydrogen-bond acceptors (Lipinski definition) is 3. The second-order valence-corrected chi connectivity index (χ2v) is 6.76. The van der Waals surface area contributed by atoms with E-state index in [1.807, 2.05) is 19.1 Å². The van der Waals surface area contributed by atoms with Crippen molar-refractivity contribution in [3.63, 3.8) is 0 Å². The average molecular weight is 348 g/mol. The number of carbonyl (C=O) groups is 2. The van der Waals surface area contributed by atoms with Crippen LogP contribution in [-0.2, 0) is 9.59 Å². The van der Waals surface area contributed by atoms with E-state index in [9.17, 15) is 9.59 Å². The third-order valence-corrected chi connectivity index (χ3v) is 4.25. The predicted molar refractivity (Wildman–Crippen MR) is 105 cm³/mol. The minimum Gasteiger partial charge on any atom is -0.372 e. The van der Waals surface area contributed by atoms with Gasteiger partial charge in [0.2, 0.25) is 11.8 Å². The van der Waals surface area contributed by atoms with E-state index in [0.29, 0.717) is 25.4 Å². The first kappa shape index (κ1) is 21.0. The lowest BCUT2D eigenvalue weighted by Gasteiger charge is -2.26. The molecule has 0 unspecified atom stereocenters.